The number of likely N-dealkylation sites (N-methyl/N-ethyl adjacent to an activating group) is 1. The van der Waals surface area contributed by atoms with Crippen molar-refractivity contribution in [2.75, 3.05) is 39.8 Å². The number of aliphatic hydroxyl groups is 1. The topological polar surface area (TPSA) is 26.7 Å². The van der Waals surface area contributed by atoms with Crippen LogP contribution in [0, 0.1) is 0 Å². The van der Waals surface area contributed by atoms with E-state index in [1.165, 1.54) is 32.5 Å². The first kappa shape index (κ1) is 11.0. The van der Waals surface area contributed by atoms with E-state index in [4.69, 9.17) is 5.11 Å². The van der Waals surface area contributed by atoms with E-state index in [1.807, 2.05) is 0 Å². The highest BCUT2D eigenvalue weighted by Gasteiger charge is 2.24. The number of likely N-dealkylation sites (tertiary alicyclic amines) is 1. The second-order valence-electron chi connectivity index (χ2n) is 3.95. The van der Waals surface area contributed by atoms with Crippen molar-refractivity contribution >= 4 is 0 Å². The van der Waals surface area contributed by atoms with Gasteiger partial charge < -0.3 is 10.0 Å². The van der Waals surface area contributed by atoms with Gasteiger partial charge in [0.15, 0.2) is 0 Å². The monoisotopic (exact) mass is 186 g/mol. The summed E-state index contributed by atoms with van der Waals surface area (Å²) in [5.41, 5.74) is 0. The van der Waals surface area contributed by atoms with E-state index in [-0.39, 0.29) is 6.61 Å². The predicted molar refractivity (Wildman–Crippen MR) is 54.9 cm³/mol. The second kappa shape index (κ2) is 5.58. The van der Waals surface area contributed by atoms with E-state index >= 15 is 0 Å². The van der Waals surface area contributed by atoms with Crippen molar-refractivity contribution < 1.29 is 5.11 Å². The maximum atomic E-state index is 8.81. The standard InChI is InChI=1S/C10H22N2O/c1-3-5-12-6-4-10(9-12)11(2)7-8-13/h10,13H,3-9H2,1-2H3. The molecular weight excluding hydrogens is 164 g/mol. The Bertz CT molecular complexity index is 141. The van der Waals surface area contributed by atoms with E-state index in [9.17, 15) is 0 Å². The fraction of sp³-hybridized carbons (Fsp3) is 1.00. The summed E-state index contributed by atoms with van der Waals surface area (Å²) in [5.74, 6) is 0. The third kappa shape index (κ3) is 3.25. The van der Waals surface area contributed by atoms with Gasteiger partial charge in [-0.15, -0.1) is 0 Å². The van der Waals surface area contributed by atoms with Crippen LogP contribution in [0.1, 0.15) is 19.8 Å². The summed E-state index contributed by atoms with van der Waals surface area (Å²) < 4.78 is 0. The number of nitrogens with zero attached hydrogens (tertiary/aromatic N) is 2. The lowest BCUT2D eigenvalue weighted by molar-refractivity contribution is 0.178. The Balaban J connectivity index is 2.23. The SMILES string of the molecule is CCCN1CCC(N(C)CCO)C1. The van der Waals surface area contributed by atoms with E-state index in [2.05, 4.69) is 23.8 Å². The molecule has 1 atom stereocenters. The zero-order valence-corrected chi connectivity index (χ0v) is 8.87. The van der Waals surface area contributed by atoms with Crippen LogP contribution < -0.4 is 0 Å². The minimum absolute atomic E-state index is 0.279. The van der Waals surface area contributed by atoms with Crippen LogP contribution in [-0.4, -0.2) is 60.8 Å². The molecule has 0 bridgehead atoms. The Morgan fingerprint density at radius 1 is 1.54 bits per heavy atom. The molecule has 3 nitrogen and oxygen atoms in total. The summed E-state index contributed by atoms with van der Waals surface area (Å²) >= 11 is 0. The molecule has 0 saturated carbocycles. The summed E-state index contributed by atoms with van der Waals surface area (Å²) in [6, 6.07) is 0.665. The highest BCUT2D eigenvalue weighted by atomic mass is 16.3. The molecule has 0 amide bonds. The van der Waals surface area contributed by atoms with Crippen LogP contribution in [0.4, 0.5) is 0 Å². The molecule has 3 heteroatoms. The molecule has 1 rings (SSSR count). The van der Waals surface area contributed by atoms with Gasteiger partial charge in [0.05, 0.1) is 6.61 Å². The van der Waals surface area contributed by atoms with Crippen molar-refractivity contribution in [3.8, 4) is 0 Å². The van der Waals surface area contributed by atoms with E-state index in [0.29, 0.717) is 6.04 Å². The Morgan fingerprint density at radius 2 is 2.31 bits per heavy atom. The fourth-order valence-electron chi connectivity index (χ4n) is 2.03. The van der Waals surface area contributed by atoms with Gasteiger partial charge in [-0.05, 0) is 33.0 Å². The number of hydrogen-bond acceptors (Lipinski definition) is 3. The van der Waals surface area contributed by atoms with Crippen LogP contribution in [0.25, 0.3) is 0 Å². The molecule has 0 aromatic heterocycles. The van der Waals surface area contributed by atoms with Gasteiger partial charge in [0.1, 0.15) is 0 Å². The maximum Gasteiger partial charge on any atom is 0.0558 e. The van der Waals surface area contributed by atoms with Crippen molar-refractivity contribution in [2.45, 2.75) is 25.8 Å². The first-order valence-corrected chi connectivity index (χ1v) is 5.31. The first-order valence-electron chi connectivity index (χ1n) is 5.31. The van der Waals surface area contributed by atoms with Crippen LogP contribution in [0.2, 0.25) is 0 Å². The molecule has 1 unspecified atom stereocenters. The second-order valence-corrected chi connectivity index (χ2v) is 3.95. The van der Waals surface area contributed by atoms with E-state index in [1.54, 1.807) is 0 Å². The lowest BCUT2D eigenvalue weighted by Gasteiger charge is -2.23. The average molecular weight is 186 g/mol. The van der Waals surface area contributed by atoms with Crippen molar-refractivity contribution in [1.82, 2.24) is 9.80 Å². The molecule has 0 aromatic rings. The quantitative estimate of drug-likeness (QED) is 0.673. The first-order chi connectivity index (χ1) is 6.27. The van der Waals surface area contributed by atoms with E-state index in [0.717, 1.165) is 6.54 Å². The fourth-order valence-corrected chi connectivity index (χ4v) is 2.03. The Hall–Kier alpha value is -0.120. The summed E-state index contributed by atoms with van der Waals surface area (Å²) in [5, 5.41) is 8.81. The Labute approximate surface area is 81.3 Å². The van der Waals surface area contributed by atoms with Gasteiger partial charge >= 0.3 is 0 Å². The van der Waals surface area contributed by atoms with Gasteiger partial charge in [0, 0.05) is 19.1 Å². The Kier molecular flexibility index (Phi) is 4.70. The molecule has 1 aliphatic rings. The molecule has 1 N–H and O–H groups in total. The summed E-state index contributed by atoms with van der Waals surface area (Å²) in [4.78, 5) is 4.79. The zero-order valence-electron chi connectivity index (χ0n) is 8.87. The van der Waals surface area contributed by atoms with Crippen molar-refractivity contribution in [3.05, 3.63) is 0 Å². The van der Waals surface area contributed by atoms with Crippen molar-refractivity contribution in [2.24, 2.45) is 0 Å². The molecule has 78 valence electrons. The molecule has 1 aliphatic heterocycles. The summed E-state index contributed by atoms with van der Waals surface area (Å²) in [6.07, 6.45) is 2.51. The third-order valence-electron chi connectivity index (χ3n) is 2.86. The van der Waals surface area contributed by atoms with Crippen LogP contribution in [-0.2, 0) is 0 Å². The lowest BCUT2D eigenvalue weighted by Crippen LogP contribution is -2.36. The smallest absolute Gasteiger partial charge is 0.0558 e. The lowest BCUT2D eigenvalue weighted by atomic mass is 10.2. The molecule has 0 radical (unpaired) electrons. The number of aliphatic hydroxyl groups excluding tert-OH is 1. The average Bonchev–Trinajstić information content (AvgIpc) is 2.54. The summed E-state index contributed by atoms with van der Waals surface area (Å²) in [7, 11) is 2.11. The molecule has 13 heavy (non-hydrogen) atoms. The predicted octanol–water partition coefficient (Wildman–Crippen LogP) is 0.395. The van der Waals surface area contributed by atoms with Gasteiger partial charge in [-0.3, -0.25) is 4.90 Å². The number of hydrogen-bond donors (Lipinski definition) is 1. The molecule has 1 saturated heterocycles. The van der Waals surface area contributed by atoms with Gasteiger partial charge in [0.2, 0.25) is 0 Å². The van der Waals surface area contributed by atoms with Crippen LogP contribution in [0.3, 0.4) is 0 Å². The van der Waals surface area contributed by atoms with Gasteiger partial charge in [-0.1, -0.05) is 6.92 Å². The normalized spacial score (nSPS) is 24.5. The molecule has 1 fully saturated rings. The van der Waals surface area contributed by atoms with E-state index < -0.39 is 0 Å². The van der Waals surface area contributed by atoms with Gasteiger partial charge in [-0.25, -0.2) is 0 Å². The van der Waals surface area contributed by atoms with Crippen molar-refractivity contribution in [1.29, 1.82) is 0 Å². The molecular formula is C10H22N2O. The Morgan fingerprint density at radius 3 is 2.92 bits per heavy atom. The zero-order chi connectivity index (χ0) is 9.68. The van der Waals surface area contributed by atoms with Crippen LogP contribution in [0.15, 0.2) is 0 Å². The van der Waals surface area contributed by atoms with Gasteiger partial charge in [0.25, 0.3) is 0 Å². The summed E-state index contributed by atoms with van der Waals surface area (Å²) in [6.45, 7) is 6.96. The van der Waals surface area contributed by atoms with Gasteiger partial charge in [-0.2, -0.15) is 0 Å². The minimum atomic E-state index is 0.279. The molecule has 1 heterocycles. The third-order valence-corrected chi connectivity index (χ3v) is 2.86. The minimum Gasteiger partial charge on any atom is -0.395 e. The largest absolute Gasteiger partial charge is 0.395 e. The van der Waals surface area contributed by atoms with Crippen LogP contribution in [0.5, 0.6) is 0 Å². The highest BCUT2D eigenvalue weighted by Crippen LogP contribution is 2.13. The molecule has 0 spiro atoms. The molecule has 0 aliphatic carbocycles. The number of rotatable bonds is 5. The molecule has 0 aromatic carbocycles. The van der Waals surface area contributed by atoms with Crippen LogP contribution >= 0.6 is 0 Å². The maximum absolute atomic E-state index is 8.81. The highest BCUT2D eigenvalue weighted by molar-refractivity contribution is 4.81. The van der Waals surface area contributed by atoms with Crippen molar-refractivity contribution in [3.63, 3.8) is 0 Å².